The number of rotatable bonds is 3. The molecule has 6 nitrogen and oxygen atoms in total. The van der Waals surface area contributed by atoms with Gasteiger partial charge in [0.05, 0.1) is 12.6 Å². The molecular formula is C9H14N4O2. The molecule has 0 aliphatic carbocycles. The number of aromatic nitrogens is 2. The van der Waals surface area contributed by atoms with Crippen molar-refractivity contribution in [2.45, 2.75) is 25.9 Å². The average Bonchev–Trinajstić information content (AvgIpc) is 2.74. The predicted octanol–water partition coefficient (Wildman–Crippen LogP) is -0.302. The molecule has 0 radical (unpaired) electrons. The van der Waals surface area contributed by atoms with E-state index in [4.69, 9.17) is 4.52 Å². The van der Waals surface area contributed by atoms with Crippen LogP contribution in [0.25, 0.3) is 0 Å². The van der Waals surface area contributed by atoms with Crippen molar-refractivity contribution < 1.29 is 9.32 Å². The molecule has 2 rings (SSSR count). The van der Waals surface area contributed by atoms with Crippen LogP contribution in [0.3, 0.4) is 0 Å². The van der Waals surface area contributed by atoms with E-state index in [9.17, 15) is 4.79 Å². The summed E-state index contributed by atoms with van der Waals surface area (Å²) < 4.78 is 4.94. The van der Waals surface area contributed by atoms with Crippen molar-refractivity contribution in [2.24, 2.45) is 0 Å². The van der Waals surface area contributed by atoms with E-state index in [-0.39, 0.29) is 11.9 Å². The Kier molecular flexibility index (Phi) is 2.68. The van der Waals surface area contributed by atoms with Crippen molar-refractivity contribution in [2.75, 3.05) is 13.6 Å². The maximum Gasteiger partial charge on any atom is 0.240 e. The molecule has 1 aromatic heterocycles. The normalized spacial score (nSPS) is 21.3. The van der Waals surface area contributed by atoms with Crippen LogP contribution in [0.2, 0.25) is 0 Å². The topological polar surface area (TPSA) is 71.3 Å². The molecule has 6 heteroatoms. The van der Waals surface area contributed by atoms with Gasteiger partial charge in [-0.25, -0.2) is 0 Å². The highest BCUT2D eigenvalue weighted by molar-refractivity contribution is 5.83. The van der Waals surface area contributed by atoms with Gasteiger partial charge in [0.15, 0.2) is 5.82 Å². The third-order valence-electron chi connectivity index (χ3n) is 2.50. The molecule has 1 fully saturated rings. The molecule has 1 unspecified atom stereocenters. The van der Waals surface area contributed by atoms with Crippen molar-refractivity contribution in [1.82, 2.24) is 20.4 Å². The smallest absolute Gasteiger partial charge is 0.240 e. The summed E-state index contributed by atoms with van der Waals surface area (Å²) in [5, 5.41) is 6.78. The zero-order valence-corrected chi connectivity index (χ0v) is 8.86. The van der Waals surface area contributed by atoms with Crippen LogP contribution in [0.1, 0.15) is 18.1 Å². The van der Waals surface area contributed by atoms with Gasteiger partial charge in [0, 0.05) is 13.6 Å². The van der Waals surface area contributed by atoms with Gasteiger partial charge in [0.1, 0.15) is 0 Å². The minimum Gasteiger partial charge on any atom is -0.344 e. The fourth-order valence-electron chi connectivity index (χ4n) is 1.63. The summed E-state index contributed by atoms with van der Waals surface area (Å²) in [5.74, 6) is 1.27. The first-order valence-corrected chi connectivity index (χ1v) is 4.94. The third-order valence-corrected chi connectivity index (χ3v) is 2.50. The van der Waals surface area contributed by atoms with Gasteiger partial charge in [-0.15, -0.1) is 0 Å². The Morgan fingerprint density at radius 2 is 2.47 bits per heavy atom. The lowest BCUT2D eigenvalue weighted by atomic mass is 10.2. The fraction of sp³-hybridized carbons (Fsp3) is 0.667. The minimum absolute atomic E-state index is 0.109. The lowest BCUT2D eigenvalue weighted by molar-refractivity contribution is -0.128. The van der Waals surface area contributed by atoms with E-state index in [1.807, 2.05) is 0 Å². The summed E-state index contributed by atoms with van der Waals surface area (Å²) in [6.45, 7) is 3.02. The number of aryl methyl sites for hydroxylation is 1. The first kappa shape index (κ1) is 10.1. The Morgan fingerprint density at radius 1 is 1.67 bits per heavy atom. The molecule has 15 heavy (non-hydrogen) atoms. The van der Waals surface area contributed by atoms with Gasteiger partial charge in [-0.05, 0) is 13.3 Å². The van der Waals surface area contributed by atoms with Crippen LogP contribution in [0.4, 0.5) is 0 Å². The molecule has 1 N–H and O–H groups in total. The van der Waals surface area contributed by atoms with E-state index >= 15 is 0 Å². The monoisotopic (exact) mass is 210 g/mol. The van der Waals surface area contributed by atoms with Gasteiger partial charge in [-0.1, -0.05) is 5.16 Å². The second kappa shape index (κ2) is 3.98. The van der Waals surface area contributed by atoms with Crippen molar-refractivity contribution in [3.8, 4) is 0 Å². The SMILES string of the molecule is Cc1noc(CNC2CCN(C)C2=O)n1. The molecule has 2 heterocycles. The van der Waals surface area contributed by atoms with Crippen molar-refractivity contribution in [3.63, 3.8) is 0 Å². The minimum atomic E-state index is -0.109. The third kappa shape index (κ3) is 2.15. The number of likely N-dealkylation sites (tertiary alicyclic amines) is 1. The summed E-state index contributed by atoms with van der Waals surface area (Å²) in [6.07, 6.45) is 0.836. The summed E-state index contributed by atoms with van der Waals surface area (Å²) in [7, 11) is 1.81. The Morgan fingerprint density at radius 3 is 3.00 bits per heavy atom. The number of hydrogen-bond donors (Lipinski definition) is 1. The highest BCUT2D eigenvalue weighted by atomic mass is 16.5. The van der Waals surface area contributed by atoms with Crippen LogP contribution in [0.15, 0.2) is 4.52 Å². The van der Waals surface area contributed by atoms with E-state index in [0.717, 1.165) is 13.0 Å². The lowest BCUT2D eigenvalue weighted by Crippen LogP contribution is -2.36. The van der Waals surface area contributed by atoms with Gasteiger partial charge in [0.2, 0.25) is 11.8 Å². The lowest BCUT2D eigenvalue weighted by Gasteiger charge is -2.10. The molecule has 0 saturated carbocycles. The number of nitrogens with one attached hydrogen (secondary N) is 1. The van der Waals surface area contributed by atoms with E-state index in [1.165, 1.54) is 0 Å². The Hall–Kier alpha value is -1.43. The molecule has 1 saturated heterocycles. The first-order valence-electron chi connectivity index (χ1n) is 4.94. The molecule has 82 valence electrons. The summed E-state index contributed by atoms with van der Waals surface area (Å²) in [6, 6.07) is -0.109. The number of amides is 1. The Labute approximate surface area is 87.6 Å². The molecule has 0 aromatic carbocycles. The van der Waals surface area contributed by atoms with Crippen LogP contribution < -0.4 is 5.32 Å². The summed E-state index contributed by atoms with van der Waals surface area (Å²) in [4.78, 5) is 17.3. The molecule has 1 atom stereocenters. The van der Waals surface area contributed by atoms with Gasteiger partial charge >= 0.3 is 0 Å². The maximum atomic E-state index is 11.5. The second-order valence-electron chi connectivity index (χ2n) is 3.72. The van der Waals surface area contributed by atoms with E-state index in [1.54, 1.807) is 18.9 Å². The number of likely N-dealkylation sites (N-methyl/N-ethyl adjacent to an activating group) is 1. The fourth-order valence-corrected chi connectivity index (χ4v) is 1.63. The van der Waals surface area contributed by atoms with Gasteiger partial charge in [-0.2, -0.15) is 4.98 Å². The molecule has 1 aromatic rings. The van der Waals surface area contributed by atoms with Crippen molar-refractivity contribution >= 4 is 5.91 Å². The van der Waals surface area contributed by atoms with E-state index in [2.05, 4.69) is 15.5 Å². The van der Waals surface area contributed by atoms with Crippen LogP contribution >= 0.6 is 0 Å². The quantitative estimate of drug-likeness (QED) is 0.741. The number of nitrogens with zero attached hydrogens (tertiary/aromatic N) is 3. The Balaban J connectivity index is 1.86. The van der Waals surface area contributed by atoms with Gasteiger partial charge in [0.25, 0.3) is 0 Å². The zero-order chi connectivity index (χ0) is 10.8. The molecule has 0 spiro atoms. The van der Waals surface area contributed by atoms with Crippen molar-refractivity contribution in [3.05, 3.63) is 11.7 Å². The summed E-state index contributed by atoms with van der Waals surface area (Å²) in [5.41, 5.74) is 0. The molecular weight excluding hydrogens is 196 g/mol. The molecule has 1 amide bonds. The number of hydrogen-bond acceptors (Lipinski definition) is 5. The molecule has 1 aliphatic rings. The molecule has 1 aliphatic heterocycles. The standard InChI is InChI=1S/C9H14N4O2/c1-6-11-8(15-12-6)5-10-7-3-4-13(2)9(7)14/h7,10H,3-5H2,1-2H3. The van der Waals surface area contributed by atoms with Crippen LogP contribution in [-0.4, -0.2) is 40.6 Å². The van der Waals surface area contributed by atoms with Crippen LogP contribution in [0.5, 0.6) is 0 Å². The van der Waals surface area contributed by atoms with Gasteiger partial charge in [-0.3, -0.25) is 10.1 Å². The number of carbonyl (C=O) groups excluding carboxylic acids is 1. The first-order chi connectivity index (χ1) is 7.16. The van der Waals surface area contributed by atoms with E-state index < -0.39 is 0 Å². The number of carbonyl (C=O) groups is 1. The van der Waals surface area contributed by atoms with Gasteiger partial charge < -0.3 is 9.42 Å². The van der Waals surface area contributed by atoms with E-state index in [0.29, 0.717) is 18.3 Å². The Bertz CT molecular complexity index is 363. The average molecular weight is 210 g/mol. The maximum absolute atomic E-state index is 11.5. The van der Waals surface area contributed by atoms with Crippen LogP contribution in [0, 0.1) is 6.92 Å². The summed E-state index contributed by atoms with van der Waals surface area (Å²) >= 11 is 0. The second-order valence-corrected chi connectivity index (χ2v) is 3.72. The highest BCUT2D eigenvalue weighted by Crippen LogP contribution is 2.09. The molecule has 0 bridgehead atoms. The largest absolute Gasteiger partial charge is 0.344 e. The van der Waals surface area contributed by atoms with Crippen LogP contribution in [-0.2, 0) is 11.3 Å². The zero-order valence-electron chi connectivity index (χ0n) is 8.86. The predicted molar refractivity (Wildman–Crippen MR) is 51.9 cm³/mol. The highest BCUT2D eigenvalue weighted by Gasteiger charge is 2.28. The van der Waals surface area contributed by atoms with Crippen molar-refractivity contribution in [1.29, 1.82) is 0 Å².